The van der Waals surface area contributed by atoms with E-state index in [1.54, 1.807) is 0 Å². The lowest BCUT2D eigenvalue weighted by atomic mass is 9.88. The fourth-order valence-electron chi connectivity index (χ4n) is 3.22. The predicted molar refractivity (Wildman–Crippen MR) is 89.6 cm³/mol. The number of hydrogen-bond acceptors (Lipinski definition) is 3. The van der Waals surface area contributed by atoms with Crippen LogP contribution in [0.2, 0.25) is 0 Å². The number of hydrogen-bond donors (Lipinski definition) is 2. The monoisotopic (exact) mass is 299 g/mol. The molecule has 4 unspecified atom stereocenters. The van der Waals surface area contributed by atoms with Crippen LogP contribution in [0, 0.1) is 11.8 Å². The van der Waals surface area contributed by atoms with Crippen molar-refractivity contribution in [3.8, 4) is 0 Å². The van der Waals surface area contributed by atoms with Gasteiger partial charge in [0.1, 0.15) is 0 Å². The Labute approximate surface area is 131 Å². The molecule has 1 saturated carbocycles. The third-order valence-electron chi connectivity index (χ3n) is 4.89. The summed E-state index contributed by atoms with van der Waals surface area (Å²) in [5.74, 6) is 1.40. The van der Waals surface area contributed by atoms with E-state index in [1.165, 1.54) is 44.9 Å². The van der Waals surface area contributed by atoms with Crippen molar-refractivity contribution in [2.75, 3.05) is 19.7 Å². The van der Waals surface area contributed by atoms with Gasteiger partial charge < -0.3 is 15.2 Å². The van der Waals surface area contributed by atoms with Gasteiger partial charge in [0.2, 0.25) is 0 Å². The molecule has 0 radical (unpaired) electrons. The smallest absolute Gasteiger partial charge is 0.0897 e. The normalized spacial score (nSPS) is 25.7. The fourth-order valence-corrected chi connectivity index (χ4v) is 3.22. The van der Waals surface area contributed by atoms with E-state index in [4.69, 9.17) is 4.74 Å². The molecule has 3 heteroatoms. The molecule has 1 aliphatic rings. The zero-order valence-electron chi connectivity index (χ0n) is 14.4. The van der Waals surface area contributed by atoms with Crippen molar-refractivity contribution < 1.29 is 9.84 Å². The van der Waals surface area contributed by atoms with E-state index >= 15 is 0 Å². The van der Waals surface area contributed by atoms with Gasteiger partial charge in [0.25, 0.3) is 0 Å². The summed E-state index contributed by atoms with van der Waals surface area (Å²) >= 11 is 0. The zero-order valence-corrected chi connectivity index (χ0v) is 14.4. The van der Waals surface area contributed by atoms with Crippen molar-refractivity contribution in [1.82, 2.24) is 5.32 Å². The molecule has 0 saturated heterocycles. The third-order valence-corrected chi connectivity index (χ3v) is 4.89. The first-order chi connectivity index (χ1) is 10.2. The summed E-state index contributed by atoms with van der Waals surface area (Å²) in [5.41, 5.74) is 0. The lowest BCUT2D eigenvalue weighted by molar-refractivity contribution is -0.0452. The Hall–Kier alpha value is -0.120. The average molecular weight is 299 g/mol. The molecule has 126 valence electrons. The Morgan fingerprint density at radius 3 is 2.62 bits per heavy atom. The molecule has 0 aromatic rings. The van der Waals surface area contributed by atoms with Crippen molar-refractivity contribution in [2.24, 2.45) is 11.8 Å². The number of unbranched alkanes of at least 4 members (excludes halogenated alkanes) is 1. The molecule has 2 N–H and O–H groups in total. The summed E-state index contributed by atoms with van der Waals surface area (Å²) in [6, 6.07) is 0. The molecule has 1 fully saturated rings. The van der Waals surface area contributed by atoms with Crippen LogP contribution in [-0.4, -0.2) is 37.0 Å². The van der Waals surface area contributed by atoms with Crippen LogP contribution >= 0.6 is 0 Å². The highest BCUT2D eigenvalue weighted by Crippen LogP contribution is 2.26. The maximum absolute atomic E-state index is 10.0. The number of aliphatic hydroxyl groups excluding tert-OH is 1. The van der Waals surface area contributed by atoms with Crippen LogP contribution in [0.15, 0.2) is 0 Å². The Kier molecular flexibility index (Phi) is 10.3. The van der Waals surface area contributed by atoms with Crippen molar-refractivity contribution in [1.29, 1.82) is 0 Å². The third kappa shape index (κ3) is 8.18. The van der Waals surface area contributed by atoms with Crippen molar-refractivity contribution >= 4 is 0 Å². The Bertz CT molecular complexity index is 247. The standard InChI is InChI=1S/C18H37NO2/c1-4-6-10-16(5-2)12-19-13-17(20)14-21-18-11-8-7-9-15(18)3/h15-20H,4-14H2,1-3H3. The lowest BCUT2D eigenvalue weighted by Crippen LogP contribution is -2.36. The average Bonchev–Trinajstić information content (AvgIpc) is 2.50. The highest BCUT2D eigenvalue weighted by Gasteiger charge is 2.22. The number of ether oxygens (including phenoxy) is 1. The molecule has 4 atom stereocenters. The fraction of sp³-hybridized carbons (Fsp3) is 1.00. The SMILES string of the molecule is CCCCC(CC)CNCC(O)COC1CCCCC1C. The van der Waals surface area contributed by atoms with E-state index in [1.807, 2.05) is 0 Å². The van der Waals surface area contributed by atoms with E-state index in [9.17, 15) is 5.11 Å². The number of rotatable bonds is 11. The van der Waals surface area contributed by atoms with Crippen molar-refractivity contribution in [3.05, 3.63) is 0 Å². The minimum Gasteiger partial charge on any atom is -0.389 e. The molecule has 21 heavy (non-hydrogen) atoms. The van der Waals surface area contributed by atoms with E-state index < -0.39 is 0 Å². The van der Waals surface area contributed by atoms with Crippen LogP contribution in [0.25, 0.3) is 0 Å². The largest absolute Gasteiger partial charge is 0.389 e. The molecular weight excluding hydrogens is 262 g/mol. The Morgan fingerprint density at radius 2 is 1.95 bits per heavy atom. The number of nitrogens with one attached hydrogen (secondary N) is 1. The van der Waals surface area contributed by atoms with Crippen LogP contribution < -0.4 is 5.32 Å². The minimum absolute atomic E-state index is 0.362. The molecule has 3 nitrogen and oxygen atoms in total. The quantitative estimate of drug-likeness (QED) is 0.610. The predicted octanol–water partition coefficient (Wildman–Crippen LogP) is 3.75. The molecule has 0 amide bonds. The van der Waals surface area contributed by atoms with Gasteiger partial charge in [-0.2, -0.15) is 0 Å². The molecule has 0 aliphatic heterocycles. The maximum Gasteiger partial charge on any atom is 0.0897 e. The van der Waals surface area contributed by atoms with Gasteiger partial charge in [-0.3, -0.25) is 0 Å². The first kappa shape index (κ1) is 18.9. The van der Waals surface area contributed by atoms with Crippen molar-refractivity contribution in [2.45, 2.75) is 84.3 Å². The topological polar surface area (TPSA) is 41.5 Å². The van der Waals surface area contributed by atoms with E-state index in [-0.39, 0.29) is 6.10 Å². The lowest BCUT2D eigenvalue weighted by Gasteiger charge is -2.29. The van der Waals surface area contributed by atoms with Gasteiger partial charge in [-0.25, -0.2) is 0 Å². The summed E-state index contributed by atoms with van der Waals surface area (Å²) < 4.78 is 5.92. The van der Waals surface area contributed by atoms with Gasteiger partial charge in [0.05, 0.1) is 18.8 Å². The van der Waals surface area contributed by atoms with Gasteiger partial charge in [0, 0.05) is 6.54 Å². The summed E-state index contributed by atoms with van der Waals surface area (Å²) in [7, 11) is 0. The van der Waals surface area contributed by atoms with Gasteiger partial charge in [-0.05, 0) is 37.6 Å². The second-order valence-electron chi connectivity index (χ2n) is 6.86. The second kappa shape index (κ2) is 11.4. The van der Waals surface area contributed by atoms with Crippen LogP contribution in [0.3, 0.4) is 0 Å². The van der Waals surface area contributed by atoms with Crippen LogP contribution in [0.5, 0.6) is 0 Å². The molecular formula is C18H37NO2. The first-order valence-corrected chi connectivity index (χ1v) is 9.17. The van der Waals surface area contributed by atoms with Gasteiger partial charge in [-0.1, -0.05) is 52.9 Å². The summed E-state index contributed by atoms with van der Waals surface area (Å²) in [4.78, 5) is 0. The molecule has 1 aliphatic carbocycles. The van der Waals surface area contributed by atoms with E-state index in [0.29, 0.717) is 25.2 Å². The highest BCUT2D eigenvalue weighted by atomic mass is 16.5. The summed E-state index contributed by atoms with van der Waals surface area (Å²) in [6.07, 6.45) is 10.1. The summed E-state index contributed by atoms with van der Waals surface area (Å²) in [5, 5.41) is 13.5. The van der Waals surface area contributed by atoms with E-state index in [0.717, 1.165) is 18.9 Å². The highest BCUT2D eigenvalue weighted by molar-refractivity contribution is 4.73. The molecule has 0 aromatic heterocycles. The summed E-state index contributed by atoms with van der Waals surface area (Å²) in [6.45, 7) is 8.93. The van der Waals surface area contributed by atoms with Crippen molar-refractivity contribution in [3.63, 3.8) is 0 Å². The Morgan fingerprint density at radius 1 is 1.19 bits per heavy atom. The van der Waals surface area contributed by atoms with E-state index in [2.05, 4.69) is 26.1 Å². The molecule has 0 spiro atoms. The molecule has 0 aromatic carbocycles. The molecule has 1 rings (SSSR count). The van der Waals surface area contributed by atoms with Crippen LogP contribution in [0.1, 0.15) is 72.1 Å². The first-order valence-electron chi connectivity index (χ1n) is 9.17. The maximum atomic E-state index is 10.0. The number of aliphatic hydroxyl groups is 1. The molecule has 0 heterocycles. The van der Waals surface area contributed by atoms with Crippen LogP contribution in [-0.2, 0) is 4.74 Å². The Balaban J connectivity index is 2.08. The minimum atomic E-state index is -0.372. The van der Waals surface area contributed by atoms with Crippen LogP contribution in [0.4, 0.5) is 0 Å². The van der Waals surface area contributed by atoms with Gasteiger partial charge >= 0.3 is 0 Å². The van der Waals surface area contributed by atoms with Gasteiger partial charge in [-0.15, -0.1) is 0 Å². The van der Waals surface area contributed by atoms with Gasteiger partial charge in [0.15, 0.2) is 0 Å². The zero-order chi connectivity index (χ0) is 15.5. The second-order valence-corrected chi connectivity index (χ2v) is 6.86. The molecule has 0 bridgehead atoms.